The first-order chi connectivity index (χ1) is 18.8. The number of thioether (sulfide) groups is 1. The number of rotatable bonds is 7. The van der Waals surface area contributed by atoms with Crippen LogP contribution in [-0.2, 0) is 10.5 Å². The van der Waals surface area contributed by atoms with Crippen LogP contribution in [0.3, 0.4) is 0 Å². The quantitative estimate of drug-likeness (QED) is 0.529. The number of ether oxygens (including phenoxy) is 1. The zero-order valence-corrected chi connectivity index (χ0v) is 23.2. The maximum absolute atomic E-state index is 14.3. The molecule has 0 radical (unpaired) electrons. The SMILES string of the molecule is CN(CCC#N)c1nc(OC[C@@]23CCCN2C[C@H](F)C3)nc(N2CC3(C2)SCc2sc(N)c(C#N)c23)c1C#N. The molecule has 2 aromatic heterocycles. The molecule has 0 aliphatic carbocycles. The number of hydrogen-bond acceptors (Lipinski definition) is 12. The molecule has 0 unspecified atom stereocenters. The summed E-state index contributed by atoms with van der Waals surface area (Å²) in [6.45, 7) is 3.11. The van der Waals surface area contributed by atoms with Gasteiger partial charge in [0.1, 0.15) is 35.5 Å². The summed E-state index contributed by atoms with van der Waals surface area (Å²) in [6, 6.07) is 6.84. The fourth-order valence-corrected chi connectivity index (χ4v) is 9.30. The van der Waals surface area contributed by atoms with E-state index in [0.717, 1.165) is 35.6 Å². The van der Waals surface area contributed by atoms with E-state index >= 15 is 0 Å². The predicted molar refractivity (Wildman–Crippen MR) is 147 cm³/mol. The third-order valence-corrected chi connectivity index (χ3v) is 11.0. The summed E-state index contributed by atoms with van der Waals surface area (Å²) < 4.78 is 20.2. The number of anilines is 3. The van der Waals surface area contributed by atoms with E-state index in [1.54, 1.807) is 23.7 Å². The van der Waals surface area contributed by atoms with Gasteiger partial charge in [-0.25, -0.2) is 4.39 Å². The number of fused-ring (bicyclic) bond motifs is 3. The van der Waals surface area contributed by atoms with Crippen molar-refractivity contribution in [2.24, 2.45) is 0 Å². The Kier molecular flexibility index (Phi) is 6.46. The highest BCUT2D eigenvalue weighted by Gasteiger charge is 2.53. The van der Waals surface area contributed by atoms with Crippen LogP contribution in [0.15, 0.2) is 0 Å². The number of nitriles is 3. The Hall–Kier alpha value is -3.31. The van der Waals surface area contributed by atoms with Crippen LogP contribution in [0, 0.1) is 34.0 Å². The average molecular weight is 566 g/mol. The van der Waals surface area contributed by atoms with Crippen LogP contribution in [-0.4, -0.2) is 73.0 Å². The van der Waals surface area contributed by atoms with Gasteiger partial charge < -0.3 is 20.3 Å². The molecule has 0 aromatic carbocycles. The van der Waals surface area contributed by atoms with Crippen LogP contribution in [0.4, 0.5) is 21.0 Å². The Labute approximate surface area is 234 Å². The van der Waals surface area contributed by atoms with Crippen LogP contribution in [0.2, 0.25) is 0 Å². The van der Waals surface area contributed by atoms with Crippen molar-refractivity contribution in [3.05, 3.63) is 21.6 Å². The van der Waals surface area contributed by atoms with Crippen LogP contribution in [0.25, 0.3) is 0 Å². The molecule has 3 fully saturated rings. The van der Waals surface area contributed by atoms with E-state index in [4.69, 9.17) is 20.7 Å². The molecule has 4 aliphatic rings. The first-order valence-electron chi connectivity index (χ1n) is 13.0. The Morgan fingerprint density at radius 1 is 1.23 bits per heavy atom. The van der Waals surface area contributed by atoms with Gasteiger partial charge in [0.2, 0.25) is 0 Å². The number of alkyl halides is 1. The number of nitrogens with zero attached hydrogens (tertiary/aromatic N) is 8. The molecule has 3 saturated heterocycles. The second-order valence-corrected chi connectivity index (χ2v) is 13.2. The number of nitrogen functional groups attached to an aromatic ring is 1. The van der Waals surface area contributed by atoms with E-state index in [-0.39, 0.29) is 29.3 Å². The molecule has 6 heterocycles. The molecule has 6 rings (SSSR count). The van der Waals surface area contributed by atoms with Crippen LogP contribution >= 0.6 is 23.1 Å². The van der Waals surface area contributed by atoms with Crippen molar-refractivity contribution in [1.82, 2.24) is 14.9 Å². The van der Waals surface area contributed by atoms with Gasteiger partial charge >= 0.3 is 6.01 Å². The minimum absolute atomic E-state index is 0.143. The Bertz CT molecular complexity index is 1440. The Morgan fingerprint density at radius 2 is 2.03 bits per heavy atom. The molecule has 202 valence electrons. The van der Waals surface area contributed by atoms with Crippen molar-refractivity contribution in [3.8, 4) is 24.2 Å². The lowest BCUT2D eigenvalue weighted by Gasteiger charge is -2.48. The molecule has 13 heteroatoms. The standard InChI is InChI=1S/C26H28FN9OS2/c1-34(6-3-5-28)22-18(10-30)23(33-24(32-22)37-15-25-4-2-7-36(25)11-16(27)8-25)35-13-26(14-35)20-17(9-29)21(31)39-19(20)12-38-26/h16H,2-4,6-8,11-15,31H2,1H3/t16-,25+/m1/s1. The van der Waals surface area contributed by atoms with Gasteiger partial charge in [0.25, 0.3) is 0 Å². The number of hydrogen-bond donors (Lipinski definition) is 1. The van der Waals surface area contributed by atoms with E-state index in [9.17, 15) is 14.9 Å². The van der Waals surface area contributed by atoms with Crippen LogP contribution in [0.1, 0.15) is 47.3 Å². The summed E-state index contributed by atoms with van der Waals surface area (Å²) in [5, 5.41) is 29.6. The first kappa shape index (κ1) is 25.9. The van der Waals surface area contributed by atoms with Crippen LogP contribution < -0.4 is 20.3 Å². The fraction of sp³-hybridized carbons (Fsp3) is 0.577. The maximum Gasteiger partial charge on any atom is 0.320 e. The Morgan fingerprint density at radius 3 is 2.77 bits per heavy atom. The van der Waals surface area contributed by atoms with Crippen molar-refractivity contribution in [3.63, 3.8) is 0 Å². The second kappa shape index (κ2) is 9.71. The van der Waals surface area contributed by atoms with Crippen molar-refractivity contribution in [1.29, 1.82) is 15.8 Å². The first-order valence-corrected chi connectivity index (χ1v) is 14.8. The topological polar surface area (TPSA) is 142 Å². The highest BCUT2D eigenvalue weighted by atomic mass is 32.2. The highest BCUT2D eigenvalue weighted by Crippen LogP contribution is 2.58. The second-order valence-electron chi connectivity index (χ2n) is 10.7. The number of aromatic nitrogens is 2. The van der Waals surface area contributed by atoms with E-state index < -0.39 is 6.17 Å². The van der Waals surface area contributed by atoms with Gasteiger partial charge in [0, 0.05) is 55.8 Å². The number of thiophene rings is 1. The van der Waals surface area contributed by atoms with Gasteiger partial charge in [0.15, 0.2) is 11.6 Å². The van der Waals surface area contributed by atoms with Gasteiger partial charge in [-0.1, -0.05) is 0 Å². The smallest absolute Gasteiger partial charge is 0.320 e. The summed E-state index contributed by atoms with van der Waals surface area (Å²) in [7, 11) is 1.79. The average Bonchev–Trinajstić information content (AvgIpc) is 3.62. The van der Waals surface area contributed by atoms with Gasteiger partial charge in [-0.15, -0.1) is 23.1 Å². The summed E-state index contributed by atoms with van der Waals surface area (Å²) in [5.74, 6) is 1.68. The van der Waals surface area contributed by atoms with E-state index in [0.29, 0.717) is 60.4 Å². The van der Waals surface area contributed by atoms with Gasteiger partial charge in [-0.05, 0) is 19.4 Å². The minimum Gasteiger partial charge on any atom is -0.461 e. The van der Waals surface area contributed by atoms with E-state index in [2.05, 4.69) is 28.1 Å². The lowest BCUT2D eigenvalue weighted by atomic mass is 9.88. The Balaban J connectivity index is 1.31. The molecule has 2 N–H and O–H groups in total. The van der Waals surface area contributed by atoms with Crippen molar-refractivity contribution < 1.29 is 9.13 Å². The number of nitrogens with two attached hydrogens (primary N) is 1. The van der Waals surface area contributed by atoms with Gasteiger partial charge in [-0.2, -0.15) is 25.8 Å². The van der Waals surface area contributed by atoms with Crippen molar-refractivity contribution in [2.45, 2.75) is 47.9 Å². The van der Waals surface area contributed by atoms with Gasteiger partial charge in [-0.3, -0.25) is 4.90 Å². The lowest BCUT2D eigenvalue weighted by Crippen LogP contribution is -2.57. The van der Waals surface area contributed by atoms with E-state index in [1.807, 2.05) is 4.90 Å². The third-order valence-electron chi connectivity index (χ3n) is 8.36. The monoisotopic (exact) mass is 565 g/mol. The summed E-state index contributed by atoms with van der Waals surface area (Å²) in [5.41, 5.74) is 7.68. The molecule has 2 atom stereocenters. The summed E-state index contributed by atoms with van der Waals surface area (Å²) in [6.07, 6.45) is 1.71. The predicted octanol–water partition coefficient (Wildman–Crippen LogP) is 3.13. The molecular formula is C26H28FN9OS2. The van der Waals surface area contributed by atoms with Crippen LogP contribution in [0.5, 0.6) is 6.01 Å². The summed E-state index contributed by atoms with van der Waals surface area (Å²) in [4.78, 5) is 16.4. The van der Waals surface area contributed by atoms with Crippen molar-refractivity contribution >= 4 is 39.7 Å². The molecule has 4 aliphatic heterocycles. The molecule has 10 nitrogen and oxygen atoms in total. The minimum atomic E-state index is -0.866. The molecule has 2 aromatic rings. The zero-order valence-electron chi connectivity index (χ0n) is 21.6. The zero-order chi connectivity index (χ0) is 27.4. The normalized spacial score (nSPS) is 24.5. The molecule has 0 amide bonds. The fourth-order valence-electron chi connectivity index (χ4n) is 6.50. The van der Waals surface area contributed by atoms with E-state index in [1.165, 1.54) is 11.3 Å². The molecular weight excluding hydrogens is 537 g/mol. The third kappa shape index (κ3) is 4.13. The number of halogens is 1. The molecule has 0 saturated carbocycles. The summed E-state index contributed by atoms with van der Waals surface area (Å²) >= 11 is 3.28. The molecule has 1 spiro atoms. The van der Waals surface area contributed by atoms with Gasteiger partial charge in [0.05, 0.1) is 28.3 Å². The maximum atomic E-state index is 14.3. The lowest BCUT2D eigenvalue weighted by molar-refractivity contribution is 0.107. The highest BCUT2D eigenvalue weighted by molar-refractivity contribution is 8.00. The molecule has 0 bridgehead atoms. The molecule has 39 heavy (non-hydrogen) atoms. The largest absolute Gasteiger partial charge is 0.461 e. The van der Waals surface area contributed by atoms with Crippen molar-refractivity contribution in [2.75, 3.05) is 61.9 Å².